The van der Waals surface area contributed by atoms with Crippen molar-refractivity contribution in [1.82, 2.24) is 9.88 Å². The molecule has 0 saturated carbocycles. The van der Waals surface area contributed by atoms with Crippen molar-refractivity contribution in [1.29, 1.82) is 0 Å². The second-order valence-corrected chi connectivity index (χ2v) is 8.57. The molecule has 1 aliphatic rings. The second-order valence-electron chi connectivity index (χ2n) is 7.74. The Morgan fingerprint density at radius 3 is 2.47 bits per heavy atom. The van der Waals surface area contributed by atoms with Gasteiger partial charge in [0.15, 0.2) is 5.11 Å². The molecule has 0 radical (unpaired) electrons. The summed E-state index contributed by atoms with van der Waals surface area (Å²) in [6, 6.07) is 18.9. The van der Waals surface area contributed by atoms with E-state index < -0.39 is 11.8 Å². The van der Waals surface area contributed by atoms with Gasteiger partial charge in [0, 0.05) is 28.4 Å². The Morgan fingerprint density at radius 1 is 1.00 bits per heavy atom. The average molecular weight is 460 g/mol. The highest BCUT2D eigenvalue weighted by Gasteiger charge is 2.34. The number of carbonyl (C=O) groups excluding carboxylic acids is 2. The zero-order chi connectivity index (χ0) is 22.6. The molecule has 158 valence electrons. The monoisotopic (exact) mass is 459 g/mol. The molecule has 5 rings (SSSR count). The van der Waals surface area contributed by atoms with E-state index >= 15 is 0 Å². The number of nitrogens with zero attached hydrogens (tertiary/aromatic N) is 2. The molecule has 4 aromatic rings. The van der Waals surface area contributed by atoms with Crippen molar-refractivity contribution in [2.45, 2.75) is 6.92 Å². The lowest BCUT2D eigenvalue weighted by molar-refractivity contribution is -0.122. The van der Waals surface area contributed by atoms with Crippen molar-refractivity contribution in [2.75, 3.05) is 4.90 Å². The minimum Gasteiger partial charge on any atom is -0.343 e. The smallest absolute Gasteiger partial charge is 0.270 e. The largest absolute Gasteiger partial charge is 0.343 e. The van der Waals surface area contributed by atoms with Crippen LogP contribution in [-0.2, 0) is 16.6 Å². The van der Waals surface area contributed by atoms with E-state index in [-0.39, 0.29) is 10.7 Å². The Balaban J connectivity index is 1.64. The number of benzene rings is 3. The van der Waals surface area contributed by atoms with E-state index in [1.54, 1.807) is 30.3 Å². The fourth-order valence-corrected chi connectivity index (χ4v) is 4.71. The van der Waals surface area contributed by atoms with Crippen molar-refractivity contribution >= 4 is 74.3 Å². The Labute approximate surface area is 194 Å². The lowest BCUT2D eigenvalue weighted by Gasteiger charge is -2.29. The van der Waals surface area contributed by atoms with Crippen LogP contribution in [0.5, 0.6) is 0 Å². The van der Waals surface area contributed by atoms with E-state index in [1.807, 2.05) is 38.2 Å². The molecule has 1 fully saturated rings. The molecule has 0 atom stereocenters. The van der Waals surface area contributed by atoms with Crippen LogP contribution in [0.3, 0.4) is 0 Å². The Bertz CT molecular complexity index is 1480. The number of halogens is 1. The summed E-state index contributed by atoms with van der Waals surface area (Å²) in [5, 5.41) is 5.40. The van der Waals surface area contributed by atoms with Crippen LogP contribution in [0.2, 0.25) is 5.02 Å². The highest BCUT2D eigenvalue weighted by molar-refractivity contribution is 7.80. The molecule has 1 saturated heterocycles. The lowest BCUT2D eigenvalue weighted by atomic mass is 10.0. The van der Waals surface area contributed by atoms with Gasteiger partial charge in [-0.2, -0.15) is 0 Å². The summed E-state index contributed by atoms with van der Waals surface area (Å²) in [6.45, 7) is 2.03. The van der Waals surface area contributed by atoms with Crippen molar-refractivity contribution < 1.29 is 9.59 Å². The third-order valence-electron chi connectivity index (χ3n) is 5.71. The van der Waals surface area contributed by atoms with Crippen LogP contribution in [0, 0.1) is 6.92 Å². The summed E-state index contributed by atoms with van der Waals surface area (Å²) in [4.78, 5) is 27.3. The number of anilines is 1. The molecular formula is C25H18ClN3O2S. The minimum atomic E-state index is -0.513. The third-order valence-corrected chi connectivity index (χ3v) is 6.25. The molecule has 3 aromatic carbocycles. The van der Waals surface area contributed by atoms with Gasteiger partial charge in [-0.1, -0.05) is 29.8 Å². The first-order chi connectivity index (χ1) is 15.3. The van der Waals surface area contributed by atoms with Crippen LogP contribution < -0.4 is 10.2 Å². The molecule has 1 N–H and O–H groups in total. The van der Waals surface area contributed by atoms with Gasteiger partial charge in [0.25, 0.3) is 11.8 Å². The van der Waals surface area contributed by atoms with E-state index in [4.69, 9.17) is 23.8 Å². The highest BCUT2D eigenvalue weighted by Crippen LogP contribution is 2.32. The van der Waals surface area contributed by atoms with Crippen LogP contribution in [0.4, 0.5) is 5.69 Å². The van der Waals surface area contributed by atoms with Gasteiger partial charge in [-0.3, -0.25) is 19.8 Å². The zero-order valence-electron chi connectivity index (χ0n) is 17.3. The summed E-state index contributed by atoms with van der Waals surface area (Å²) in [7, 11) is 2.04. The molecule has 2 heterocycles. The number of hydrogen-bond donors (Lipinski definition) is 1. The molecule has 2 amide bonds. The Morgan fingerprint density at radius 2 is 1.72 bits per heavy atom. The van der Waals surface area contributed by atoms with Gasteiger partial charge in [0.1, 0.15) is 5.57 Å². The topological polar surface area (TPSA) is 54.3 Å². The number of aryl methyl sites for hydroxylation is 2. The molecular weight excluding hydrogens is 442 g/mol. The van der Waals surface area contributed by atoms with Gasteiger partial charge < -0.3 is 4.57 Å². The maximum Gasteiger partial charge on any atom is 0.270 e. The summed E-state index contributed by atoms with van der Waals surface area (Å²) in [5.41, 5.74) is 4.64. The molecule has 1 aromatic heterocycles. The van der Waals surface area contributed by atoms with Crippen molar-refractivity contribution in [2.24, 2.45) is 7.05 Å². The van der Waals surface area contributed by atoms with Gasteiger partial charge in [-0.05, 0) is 78.8 Å². The lowest BCUT2D eigenvalue weighted by Crippen LogP contribution is -2.54. The molecule has 0 aliphatic carbocycles. The van der Waals surface area contributed by atoms with Crippen molar-refractivity contribution in [3.05, 3.63) is 82.4 Å². The summed E-state index contributed by atoms with van der Waals surface area (Å²) in [6.07, 6.45) is 1.62. The SMILES string of the molecule is Cc1cc(/C=C2\C(=O)NC(=S)N(c3ccc(Cl)cc3)C2=O)cc2c3ccccc3n(C)c12. The predicted molar refractivity (Wildman–Crippen MR) is 133 cm³/mol. The number of hydrogen-bond acceptors (Lipinski definition) is 3. The average Bonchev–Trinajstić information content (AvgIpc) is 3.05. The van der Waals surface area contributed by atoms with Crippen molar-refractivity contribution in [3.8, 4) is 0 Å². The van der Waals surface area contributed by atoms with Gasteiger partial charge >= 0.3 is 0 Å². The van der Waals surface area contributed by atoms with E-state index in [0.29, 0.717) is 10.7 Å². The molecule has 7 heteroatoms. The van der Waals surface area contributed by atoms with Crippen LogP contribution >= 0.6 is 23.8 Å². The second kappa shape index (κ2) is 7.58. The molecule has 0 spiro atoms. The molecule has 5 nitrogen and oxygen atoms in total. The first-order valence-corrected chi connectivity index (χ1v) is 10.8. The number of fused-ring (bicyclic) bond motifs is 3. The first-order valence-electron chi connectivity index (χ1n) is 10.00. The van der Waals surface area contributed by atoms with E-state index in [9.17, 15) is 9.59 Å². The molecule has 0 unspecified atom stereocenters. The fourth-order valence-electron chi connectivity index (χ4n) is 4.30. The fraction of sp³-hybridized carbons (Fsp3) is 0.0800. The van der Waals surface area contributed by atoms with Crippen LogP contribution in [-0.4, -0.2) is 21.5 Å². The Hall–Kier alpha value is -3.48. The minimum absolute atomic E-state index is 0.0209. The summed E-state index contributed by atoms with van der Waals surface area (Å²) in [5.74, 6) is -0.988. The van der Waals surface area contributed by atoms with Gasteiger partial charge in [0.2, 0.25) is 0 Å². The number of amides is 2. The van der Waals surface area contributed by atoms with Crippen molar-refractivity contribution in [3.63, 3.8) is 0 Å². The summed E-state index contributed by atoms with van der Waals surface area (Å²) >= 11 is 11.2. The number of nitrogens with one attached hydrogen (secondary N) is 1. The normalized spacial score (nSPS) is 15.8. The zero-order valence-corrected chi connectivity index (χ0v) is 18.9. The number of aromatic nitrogens is 1. The number of para-hydroxylation sites is 1. The first kappa shape index (κ1) is 20.4. The predicted octanol–water partition coefficient (Wildman–Crippen LogP) is 5.12. The maximum absolute atomic E-state index is 13.3. The Kier molecular flexibility index (Phi) is 4.84. The third kappa shape index (κ3) is 3.20. The molecule has 1 aliphatic heterocycles. The maximum atomic E-state index is 13.3. The van der Waals surface area contributed by atoms with E-state index in [2.05, 4.69) is 22.0 Å². The van der Waals surface area contributed by atoms with Crippen LogP contribution in [0.25, 0.3) is 27.9 Å². The number of thiocarbonyl (C=S) groups is 1. The van der Waals surface area contributed by atoms with E-state index in [0.717, 1.165) is 32.9 Å². The number of carbonyl (C=O) groups is 2. The van der Waals surface area contributed by atoms with Gasteiger partial charge in [0.05, 0.1) is 11.2 Å². The van der Waals surface area contributed by atoms with Gasteiger partial charge in [-0.15, -0.1) is 0 Å². The number of rotatable bonds is 2. The quantitative estimate of drug-likeness (QED) is 0.257. The standard InChI is InChI=1S/C25H18ClN3O2S/c1-14-11-15(12-19-18-5-3-4-6-21(18)28(2)22(14)19)13-20-23(30)27-25(32)29(24(20)31)17-9-7-16(26)8-10-17/h3-13H,1-2H3,(H,27,30,32)/b20-13+. The van der Waals surface area contributed by atoms with E-state index in [1.165, 1.54) is 4.90 Å². The summed E-state index contributed by atoms with van der Waals surface area (Å²) < 4.78 is 2.16. The van der Waals surface area contributed by atoms with Gasteiger partial charge in [-0.25, -0.2) is 0 Å². The molecule has 0 bridgehead atoms. The van der Waals surface area contributed by atoms with Crippen LogP contribution in [0.1, 0.15) is 11.1 Å². The highest BCUT2D eigenvalue weighted by atomic mass is 35.5. The van der Waals surface area contributed by atoms with Crippen LogP contribution in [0.15, 0.2) is 66.2 Å². The molecule has 32 heavy (non-hydrogen) atoms.